The minimum Gasteiger partial charge on any atom is -0.490 e. The Morgan fingerprint density at radius 2 is 1.76 bits per heavy atom. The normalized spacial score (nSPS) is 24.1. The lowest BCUT2D eigenvalue weighted by Crippen LogP contribution is -2.50. The van der Waals surface area contributed by atoms with Crippen LogP contribution in [-0.2, 0) is 9.53 Å². The zero-order chi connectivity index (χ0) is 29.9. The summed E-state index contributed by atoms with van der Waals surface area (Å²) in [6, 6.07) is 4.49. The standard InChI is InChI=1S/C32H50N4O5/c1-20-16-21(2)34-30(38)27(20)19-33-29(37)26-17-25(18-28(22(26)3)35(7)23-10-8-9-11-23)40-24-12-14-36(15-13-24)31(39)41-32(4,5)6/h17-18,20-21,23-24,27H,8-16,19H2,1-7H3,(H,33,37)(H,34,38). The van der Waals surface area contributed by atoms with Crippen LogP contribution in [0.5, 0.6) is 5.75 Å². The lowest BCUT2D eigenvalue weighted by atomic mass is 9.84. The van der Waals surface area contributed by atoms with Crippen molar-refractivity contribution < 1.29 is 23.9 Å². The molecule has 4 rings (SSSR count). The van der Waals surface area contributed by atoms with Gasteiger partial charge >= 0.3 is 6.09 Å². The zero-order valence-corrected chi connectivity index (χ0v) is 26.0. The fraction of sp³-hybridized carbons (Fsp3) is 0.719. The van der Waals surface area contributed by atoms with Gasteiger partial charge in [0.1, 0.15) is 17.5 Å². The van der Waals surface area contributed by atoms with Crippen LogP contribution in [0, 0.1) is 18.8 Å². The second kappa shape index (κ2) is 12.9. The predicted octanol–water partition coefficient (Wildman–Crippen LogP) is 5.04. The van der Waals surface area contributed by atoms with Gasteiger partial charge in [0, 0.05) is 68.9 Å². The van der Waals surface area contributed by atoms with Gasteiger partial charge in [-0.15, -0.1) is 0 Å². The number of benzene rings is 1. The summed E-state index contributed by atoms with van der Waals surface area (Å²) in [4.78, 5) is 42.7. The van der Waals surface area contributed by atoms with Gasteiger partial charge < -0.3 is 29.9 Å². The highest BCUT2D eigenvalue weighted by Gasteiger charge is 2.33. The Labute approximate surface area is 245 Å². The van der Waals surface area contributed by atoms with Crippen molar-refractivity contribution in [2.45, 2.75) is 110 Å². The Kier molecular flexibility index (Phi) is 9.75. The number of ether oxygens (including phenoxy) is 2. The topological polar surface area (TPSA) is 100 Å². The lowest BCUT2D eigenvalue weighted by Gasteiger charge is -2.34. The minimum absolute atomic E-state index is 0.00438. The van der Waals surface area contributed by atoms with E-state index in [0.717, 1.165) is 30.5 Å². The van der Waals surface area contributed by atoms with Crippen LogP contribution in [0.15, 0.2) is 12.1 Å². The fourth-order valence-electron chi connectivity index (χ4n) is 6.49. The smallest absolute Gasteiger partial charge is 0.410 e. The maximum absolute atomic E-state index is 13.6. The molecular formula is C32H50N4O5. The molecule has 3 unspecified atom stereocenters. The van der Waals surface area contributed by atoms with E-state index in [1.54, 1.807) is 4.90 Å². The zero-order valence-electron chi connectivity index (χ0n) is 26.0. The van der Waals surface area contributed by atoms with Gasteiger partial charge in [-0.05, 0) is 71.4 Å². The molecule has 3 amide bonds. The first-order valence-electron chi connectivity index (χ1n) is 15.4. The number of nitrogens with zero attached hydrogens (tertiary/aromatic N) is 2. The average molecular weight is 571 g/mol. The first-order chi connectivity index (χ1) is 19.3. The Hall–Kier alpha value is -2.97. The van der Waals surface area contributed by atoms with Crippen molar-refractivity contribution >= 4 is 23.6 Å². The number of carbonyl (C=O) groups is 3. The molecule has 3 aliphatic rings. The predicted molar refractivity (Wildman–Crippen MR) is 161 cm³/mol. The van der Waals surface area contributed by atoms with Crippen LogP contribution >= 0.6 is 0 Å². The maximum atomic E-state index is 13.6. The minimum atomic E-state index is -0.525. The van der Waals surface area contributed by atoms with Crippen molar-refractivity contribution in [3.05, 3.63) is 23.3 Å². The molecule has 2 aliphatic heterocycles. The summed E-state index contributed by atoms with van der Waals surface area (Å²) < 4.78 is 12.0. The summed E-state index contributed by atoms with van der Waals surface area (Å²) in [6.07, 6.45) is 6.63. The Morgan fingerprint density at radius 1 is 1.10 bits per heavy atom. The highest BCUT2D eigenvalue weighted by Crippen LogP contribution is 2.35. The molecule has 1 aromatic rings. The van der Waals surface area contributed by atoms with E-state index in [2.05, 4.69) is 35.6 Å². The van der Waals surface area contributed by atoms with E-state index < -0.39 is 5.60 Å². The first kappa shape index (κ1) is 31.0. The average Bonchev–Trinajstić information content (AvgIpc) is 3.43. The summed E-state index contributed by atoms with van der Waals surface area (Å²) in [5.74, 6) is 0.433. The molecule has 2 saturated heterocycles. The second-order valence-corrected chi connectivity index (χ2v) is 13.4. The number of amides is 3. The molecule has 3 fully saturated rings. The van der Waals surface area contributed by atoms with Gasteiger partial charge in [-0.25, -0.2) is 4.79 Å². The van der Waals surface area contributed by atoms with Gasteiger partial charge in [-0.2, -0.15) is 0 Å². The highest BCUT2D eigenvalue weighted by molar-refractivity contribution is 5.98. The van der Waals surface area contributed by atoms with Crippen molar-refractivity contribution in [3.63, 3.8) is 0 Å². The molecule has 0 aromatic heterocycles. The molecule has 9 nitrogen and oxygen atoms in total. The molecule has 1 aromatic carbocycles. The Balaban J connectivity index is 1.49. The highest BCUT2D eigenvalue weighted by atomic mass is 16.6. The second-order valence-electron chi connectivity index (χ2n) is 13.4. The van der Waals surface area contributed by atoms with Gasteiger partial charge in [-0.1, -0.05) is 19.8 Å². The van der Waals surface area contributed by atoms with E-state index in [4.69, 9.17) is 9.47 Å². The number of nitrogens with one attached hydrogen (secondary N) is 2. The summed E-state index contributed by atoms with van der Waals surface area (Å²) in [5.41, 5.74) is 1.97. The van der Waals surface area contributed by atoms with Crippen LogP contribution in [0.25, 0.3) is 0 Å². The van der Waals surface area contributed by atoms with Crippen molar-refractivity contribution in [1.29, 1.82) is 0 Å². The molecule has 1 aliphatic carbocycles. The maximum Gasteiger partial charge on any atom is 0.410 e. The molecule has 1 saturated carbocycles. The molecule has 228 valence electrons. The summed E-state index contributed by atoms with van der Waals surface area (Å²) in [6.45, 7) is 13.1. The number of rotatable bonds is 7. The van der Waals surface area contributed by atoms with Crippen molar-refractivity contribution in [2.75, 3.05) is 31.6 Å². The third-order valence-electron chi connectivity index (χ3n) is 8.87. The van der Waals surface area contributed by atoms with Crippen LogP contribution in [0.1, 0.15) is 95.5 Å². The molecule has 9 heteroatoms. The van der Waals surface area contributed by atoms with E-state index in [9.17, 15) is 14.4 Å². The van der Waals surface area contributed by atoms with Crippen LogP contribution < -0.4 is 20.3 Å². The van der Waals surface area contributed by atoms with Gasteiger partial charge in [0.25, 0.3) is 5.91 Å². The molecule has 0 bridgehead atoms. The molecule has 2 N–H and O–H groups in total. The quantitative estimate of drug-likeness (QED) is 0.476. The molecule has 2 heterocycles. The van der Waals surface area contributed by atoms with Crippen LogP contribution in [0.4, 0.5) is 10.5 Å². The van der Waals surface area contributed by atoms with E-state index in [1.807, 2.05) is 40.7 Å². The van der Waals surface area contributed by atoms with Gasteiger partial charge in [0.05, 0.1) is 5.92 Å². The first-order valence-corrected chi connectivity index (χ1v) is 15.4. The number of anilines is 1. The molecule has 41 heavy (non-hydrogen) atoms. The third-order valence-corrected chi connectivity index (χ3v) is 8.87. The largest absolute Gasteiger partial charge is 0.490 e. The number of hydrogen-bond donors (Lipinski definition) is 2. The van der Waals surface area contributed by atoms with Gasteiger partial charge in [0.2, 0.25) is 5.91 Å². The van der Waals surface area contributed by atoms with E-state index in [1.165, 1.54) is 12.8 Å². The molecule has 0 radical (unpaired) electrons. The van der Waals surface area contributed by atoms with Gasteiger partial charge in [-0.3, -0.25) is 9.59 Å². The summed E-state index contributed by atoms with van der Waals surface area (Å²) in [7, 11) is 2.11. The Morgan fingerprint density at radius 3 is 2.37 bits per heavy atom. The van der Waals surface area contributed by atoms with E-state index in [-0.39, 0.29) is 41.9 Å². The van der Waals surface area contributed by atoms with Crippen molar-refractivity contribution in [1.82, 2.24) is 15.5 Å². The number of piperidine rings is 2. The SMILES string of the molecule is Cc1c(C(=O)NCC2C(=O)NC(C)CC2C)cc(OC2CCN(C(=O)OC(C)(C)C)CC2)cc1N(C)C1CCCC1. The van der Waals surface area contributed by atoms with Crippen molar-refractivity contribution in [3.8, 4) is 5.75 Å². The lowest BCUT2D eigenvalue weighted by molar-refractivity contribution is -0.129. The van der Waals surface area contributed by atoms with Crippen LogP contribution in [0.3, 0.4) is 0 Å². The van der Waals surface area contributed by atoms with E-state index >= 15 is 0 Å². The van der Waals surface area contributed by atoms with Crippen LogP contribution in [0.2, 0.25) is 0 Å². The molecule has 0 spiro atoms. The fourth-order valence-corrected chi connectivity index (χ4v) is 6.49. The summed E-state index contributed by atoms with van der Waals surface area (Å²) >= 11 is 0. The number of carbonyl (C=O) groups excluding carboxylic acids is 3. The Bertz CT molecular complexity index is 1100. The monoisotopic (exact) mass is 570 g/mol. The number of hydrogen-bond acceptors (Lipinski definition) is 6. The molecule has 3 atom stereocenters. The van der Waals surface area contributed by atoms with E-state index in [0.29, 0.717) is 49.8 Å². The van der Waals surface area contributed by atoms with Crippen LogP contribution in [-0.4, -0.2) is 73.3 Å². The third kappa shape index (κ3) is 7.86. The van der Waals surface area contributed by atoms with Gasteiger partial charge in [0.15, 0.2) is 0 Å². The molecular weight excluding hydrogens is 520 g/mol. The number of likely N-dealkylation sites (tertiary alicyclic amines) is 1. The van der Waals surface area contributed by atoms with Crippen molar-refractivity contribution in [2.24, 2.45) is 11.8 Å². The summed E-state index contributed by atoms with van der Waals surface area (Å²) in [5, 5.41) is 6.07.